The highest BCUT2D eigenvalue weighted by atomic mass is 35.5. The van der Waals surface area contributed by atoms with Crippen molar-refractivity contribution >= 4 is 40.9 Å². The maximum Gasteiger partial charge on any atom is 0.235 e. The molecule has 1 aliphatic heterocycles. The molecule has 3 aromatic rings. The van der Waals surface area contributed by atoms with Crippen LogP contribution in [0.4, 0.5) is 0 Å². The van der Waals surface area contributed by atoms with E-state index in [9.17, 15) is 14.4 Å². The molecule has 1 fully saturated rings. The van der Waals surface area contributed by atoms with E-state index in [0.717, 1.165) is 27.8 Å². The van der Waals surface area contributed by atoms with E-state index in [1.807, 2.05) is 78.9 Å². The molecule has 176 valence electrons. The number of carbonyl (C=O) groups excluding carboxylic acids is 3. The first-order valence-electron chi connectivity index (χ1n) is 11.6. The Balaban J connectivity index is 1.31. The van der Waals surface area contributed by atoms with Gasteiger partial charge in [0.05, 0.1) is 11.8 Å². The van der Waals surface area contributed by atoms with E-state index in [-0.39, 0.29) is 30.7 Å². The number of imide groups is 1. The predicted octanol–water partition coefficient (Wildman–Crippen LogP) is 4.29. The van der Waals surface area contributed by atoms with Crippen molar-refractivity contribution in [2.75, 3.05) is 6.54 Å². The Labute approximate surface area is 213 Å². The first-order valence-corrected chi connectivity index (χ1v) is 12.4. The number of amides is 3. The largest absolute Gasteiger partial charge is 0.352 e. The Hall–Kier alpha value is -3.15. The minimum absolute atomic E-state index is 0.00816. The van der Waals surface area contributed by atoms with Gasteiger partial charge >= 0.3 is 0 Å². The zero-order valence-corrected chi connectivity index (χ0v) is 20.2. The number of nitrogens with one attached hydrogen (secondary N) is 1. The van der Waals surface area contributed by atoms with Crippen molar-refractivity contribution in [1.82, 2.24) is 10.2 Å². The molecule has 0 spiro atoms. The van der Waals surface area contributed by atoms with Crippen LogP contribution in [0.25, 0.3) is 0 Å². The second-order valence-electron chi connectivity index (χ2n) is 9.31. The molecular weight excluding hydrogens is 483 g/mol. The maximum absolute atomic E-state index is 13.7. The summed E-state index contributed by atoms with van der Waals surface area (Å²) >= 11 is 14.8. The second-order valence-corrected chi connectivity index (χ2v) is 10.5. The molecule has 2 bridgehead atoms. The van der Waals surface area contributed by atoms with E-state index in [0.29, 0.717) is 6.54 Å². The molecular formula is C28H22Cl2N2O3. The van der Waals surface area contributed by atoms with Crippen LogP contribution < -0.4 is 5.32 Å². The number of hydrogen-bond acceptors (Lipinski definition) is 3. The number of alkyl halides is 2. The van der Waals surface area contributed by atoms with Crippen LogP contribution in [0.15, 0.2) is 78.9 Å². The lowest BCUT2D eigenvalue weighted by Gasteiger charge is -2.54. The van der Waals surface area contributed by atoms with Crippen molar-refractivity contribution < 1.29 is 14.4 Å². The van der Waals surface area contributed by atoms with E-state index < -0.39 is 21.6 Å². The Morgan fingerprint density at radius 3 is 1.63 bits per heavy atom. The molecule has 1 N–H and O–H groups in total. The Bertz CT molecular complexity index is 1250. The van der Waals surface area contributed by atoms with Gasteiger partial charge in [-0.3, -0.25) is 19.3 Å². The monoisotopic (exact) mass is 504 g/mol. The molecule has 0 saturated carbocycles. The molecule has 3 amide bonds. The van der Waals surface area contributed by atoms with Crippen molar-refractivity contribution in [3.8, 4) is 0 Å². The number of hydrogen-bond donors (Lipinski definition) is 1. The molecule has 5 nitrogen and oxygen atoms in total. The molecule has 0 unspecified atom stereocenters. The summed E-state index contributed by atoms with van der Waals surface area (Å²) in [5.74, 6) is -2.67. The fourth-order valence-corrected chi connectivity index (χ4v) is 7.14. The molecule has 1 saturated heterocycles. The maximum atomic E-state index is 13.7. The average molecular weight is 505 g/mol. The topological polar surface area (TPSA) is 66.5 Å². The molecule has 3 aliphatic carbocycles. The third kappa shape index (κ3) is 2.98. The number of halogens is 2. The minimum atomic E-state index is -1.20. The lowest BCUT2D eigenvalue weighted by Crippen LogP contribution is -2.57. The highest BCUT2D eigenvalue weighted by Crippen LogP contribution is 2.69. The van der Waals surface area contributed by atoms with Gasteiger partial charge in [0, 0.05) is 19.5 Å². The summed E-state index contributed by atoms with van der Waals surface area (Å²) in [7, 11) is 0. The summed E-state index contributed by atoms with van der Waals surface area (Å²) in [5.41, 5.74) is 4.03. The summed E-state index contributed by atoms with van der Waals surface area (Å²) in [5, 5.41) is 2.85. The number of carbonyl (C=O) groups is 3. The van der Waals surface area contributed by atoms with Crippen molar-refractivity contribution in [3.63, 3.8) is 0 Å². The van der Waals surface area contributed by atoms with Gasteiger partial charge in [-0.1, -0.05) is 78.9 Å². The summed E-state index contributed by atoms with van der Waals surface area (Å²) < 4.78 is 0. The highest BCUT2D eigenvalue weighted by Gasteiger charge is 2.72. The standard InChI is InChI=1S/C28H22Cl2N2O3/c29-27-18-10-4-5-11-19(18)28(30,21-13-7-6-12-20(21)27)24-23(27)25(34)32(26(24)35)15-14-22(33)31-16-17-8-2-1-3-9-17/h1-13,23-24H,14-16H2,(H,31,33)/t23-,24-,27?,28?/m0/s1. The molecule has 0 radical (unpaired) electrons. The summed E-state index contributed by atoms with van der Waals surface area (Å²) in [6.07, 6.45) is 0.00816. The highest BCUT2D eigenvalue weighted by molar-refractivity contribution is 6.36. The van der Waals surface area contributed by atoms with Gasteiger partial charge in [-0.2, -0.15) is 0 Å². The van der Waals surface area contributed by atoms with Crippen LogP contribution in [0.3, 0.4) is 0 Å². The lowest BCUT2D eigenvalue weighted by atomic mass is 9.54. The van der Waals surface area contributed by atoms with Crippen molar-refractivity contribution in [1.29, 1.82) is 0 Å². The number of nitrogens with zero attached hydrogens (tertiary/aromatic N) is 1. The van der Waals surface area contributed by atoms with Gasteiger partial charge in [0.25, 0.3) is 0 Å². The van der Waals surface area contributed by atoms with E-state index in [2.05, 4.69) is 5.32 Å². The predicted molar refractivity (Wildman–Crippen MR) is 133 cm³/mol. The molecule has 2 atom stereocenters. The Morgan fingerprint density at radius 2 is 1.17 bits per heavy atom. The summed E-state index contributed by atoms with van der Waals surface area (Å²) in [6.45, 7) is 0.366. The SMILES string of the molecule is O=C(CCN1C(=O)[C@@H]2[C@@H](C1=O)C1(Cl)c3ccccc3C2(Cl)c2ccccc21)NCc1ccccc1. The zero-order chi connectivity index (χ0) is 24.4. The van der Waals surface area contributed by atoms with Gasteiger partial charge in [0.2, 0.25) is 17.7 Å². The number of likely N-dealkylation sites (tertiary alicyclic amines) is 1. The van der Waals surface area contributed by atoms with E-state index in [1.165, 1.54) is 4.90 Å². The fourth-order valence-electron chi connectivity index (χ4n) is 6.04. The molecule has 3 aromatic carbocycles. The first-order chi connectivity index (χ1) is 16.9. The molecule has 7 heteroatoms. The molecule has 0 aromatic heterocycles. The van der Waals surface area contributed by atoms with Gasteiger partial charge in [-0.05, 0) is 27.8 Å². The third-order valence-electron chi connectivity index (χ3n) is 7.57. The van der Waals surface area contributed by atoms with E-state index >= 15 is 0 Å². The number of benzene rings is 3. The molecule has 1 heterocycles. The van der Waals surface area contributed by atoms with Crippen molar-refractivity contribution in [3.05, 3.63) is 107 Å². The van der Waals surface area contributed by atoms with Crippen LogP contribution in [0, 0.1) is 11.8 Å². The van der Waals surface area contributed by atoms with Gasteiger partial charge in [-0.25, -0.2) is 0 Å². The Kier molecular flexibility index (Phi) is 5.06. The second kappa shape index (κ2) is 7.94. The number of rotatable bonds is 5. The normalized spacial score (nSPS) is 27.9. The van der Waals surface area contributed by atoms with Crippen LogP contribution in [0.1, 0.15) is 34.2 Å². The zero-order valence-electron chi connectivity index (χ0n) is 18.7. The molecule has 4 aliphatic rings. The molecule has 7 rings (SSSR count). The molecule has 35 heavy (non-hydrogen) atoms. The van der Waals surface area contributed by atoms with Gasteiger partial charge in [-0.15, -0.1) is 23.2 Å². The van der Waals surface area contributed by atoms with E-state index in [1.54, 1.807) is 0 Å². The first kappa shape index (κ1) is 22.3. The summed E-state index contributed by atoms with van der Waals surface area (Å²) in [4.78, 5) is 38.7. The van der Waals surface area contributed by atoms with Gasteiger partial charge < -0.3 is 5.32 Å². The quantitative estimate of drug-likeness (QED) is 0.416. The van der Waals surface area contributed by atoms with Gasteiger partial charge in [0.15, 0.2) is 0 Å². The van der Waals surface area contributed by atoms with Crippen LogP contribution in [0.2, 0.25) is 0 Å². The van der Waals surface area contributed by atoms with Crippen LogP contribution in [0.5, 0.6) is 0 Å². The van der Waals surface area contributed by atoms with Gasteiger partial charge in [0.1, 0.15) is 9.75 Å². The van der Waals surface area contributed by atoms with Crippen LogP contribution >= 0.6 is 23.2 Å². The van der Waals surface area contributed by atoms with Crippen LogP contribution in [-0.4, -0.2) is 29.2 Å². The Morgan fingerprint density at radius 1 is 0.743 bits per heavy atom. The fraction of sp³-hybridized carbons (Fsp3) is 0.250. The van der Waals surface area contributed by atoms with Crippen molar-refractivity contribution in [2.24, 2.45) is 11.8 Å². The van der Waals surface area contributed by atoms with Crippen LogP contribution in [-0.2, 0) is 30.7 Å². The van der Waals surface area contributed by atoms with Crippen molar-refractivity contribution in [2.45, 2.75) is 22.7 Å². The lowest BCUT2D eigenvalue weighted by molar-refractivity contribution is -0.140. The average Bonchev–Trinajstić information content (AvgIpc) is 3.15. The minimum Gasteiger partial charge on any atom is -0.352 e. The van der Waals surface area contributed by atoms with E-state index in [4.69, 9.17) is 23.2 Å². The smallest absolute Gasteiger partial charge is 0.235 e. The third-order valence-corrected chi connectivity index (χ3v) is 8.86. The summed E-state index contributed by atoms with van der Waals surface area (Å²) in [6, 6.07) is 24.6.